The monoisotopic (exact) mass is 1350 g/mol. The second-order valence-electron chi connectivity index (χ2n) is 29.8. The summed E-state index contributed by atoms with van der Waals surface area (Å²) in [6.45, 7) is 9.19. The van der Waals surface area contributed by atoms with Gasteiger partial charge in [0.25, 0.3) is 0 Å². The maximum absolute atomic E-state index is 11.6. The molecule has 5 aromatic carbocycles. The van der Waals surface area contributed by atoms with Crippen LogP contribution in [-0.4, -0.2) is 42.2 Å². The zero-order valence-corrected chi connectivity index (χ0v) is 60.3. The van der Waals surface area contributed by atoms with Crippen molar-refractivity contribution in [2.45, 2.75) is 244 Å². The molecule has 5 aromatic rings. The van der Waals surface area contributed by atoms with Crippen LogP contribution >= 0.6 is 0 Å². The highest BCUT2D eigenvalue weighted by Gasteiger charge is 2.45. The summed E-state index contributed by atoms with van der Waals surface area (Å²) in [6, 6.07) is 40.2. The van der Waals surface area contributed by atoms with Crippen LogP contribution in [0.2, 0.25) is 0 Å². The van der Waals surface area contributed by atoms with Gasteiger partial charge < -0.3 is 9.62 Å². The van der Waals surface area contributed by atoms with Crippen molar-refractivity contribution in [3.8, 4) is 53.1 Å². The highest BCUT2D eigenvalue weighted by Crippen LogP contribution is 2.53. The fraction of sp³-hybridized carbons (Fsp3) is 0.544. The fourth-order valence-corrected chi connectivity index (χ4v) is 17.0. The first-order chi connectivity index (χ1) is 49.1. The van der Waals surface area contributed by atoms with E-state index in [9.17, 15) is 15.3 Å². The number of ether oxygens (including phenoxy) is 1. The van der Waals surface area contributed by atoms with Gasteiger partial charge in [0.2, 0.25) is 0 Å². The Morgan fingerprint density at radius 1 is 0.540 bits per heavy atom. The van der Waals surface area contributed by atoms with Crippen molar-refractivity contribution in [1.29, 1.82) is 0 Å². The minimum atomic E-state index is -0.663. The van der Waals surface area contributed by atoms with Gasteiger partial charge in [-0.25, -0.2) is 19.6 Å². The molecule has 0 saturated heterocycles. The smallest absolute Gasteiger partial charge is 0.165 e. The number of benzene rings is 5. The van der Waals surface area contributed by atoms with E-state index in [0.717, 1.165) is 164 Å². The lowest BCUT2D eigenvalue weighted by atomic mass is 9.62. The average molecular weight is 1350 g/mol. The molecule has 10 heteroatoms. The van der Waals surface area contributed by atoms with E-state index in [1.165, 1.54) is 116 Å². The van der Waals surface area contributed by atoms with Gasteiger partial charge >= 0.3 is 0 Å². The second-order valence-corrected chi connectivity index (χ2v) is 29.8. The minimum absolute atomic E-state index is 0.0784. The zero-order chi connectivity index (χ0) is 69.6. The van der Waals surface area contributed by atoms with Crippen molar-refractivity contribution in [3.05, 3.63) is 184 Å². The van der Waals surface area contributed by atoms with Crippen molar-refractivity contribution in [2.75, 3.05) is 13.7 Å². The number of ketones is 1. The zero-order valence-electron chi connectivity index (χ0n) is 60.3. The molecule has 0 aliphatic heterocycles. The highest BCUT2D eigenvalue weighted by atomic mass is 17.2. The summed E-state index contributed by atoms with van der Waals surface area (Å²) in [5.41, 5.74) is 7.62. The van der Waals surface area contributed by atoms with Crippen LogP contribution in [0.3, 0.4) is 0 Å². The first kappa shape index (κ1) is 75.9. The normalized spacial score (nSPS) is 25.0. The van der Waals surface area contributed by atoms with Crippen LogP contribution in [-0.2, 0) is 40.6 Å². The molecule has 5 atom stereocenters. The van der Waals surface area contributed by atoms with Crippen LogP contribution in [0.15, 0.2) is 134 Å². The minimum Gasteiger partial charge on any atom is -0.378 e. The van der Waals surface area contributed by atoms with Crippen molar-refractivity contribution < 1.29 is 49.4 Å². The van der Waals surface area contributed by atoms with Crippen LogP contribution in [0.4, 0.5) is 0 Å². The van der Waals surface area contributed by atoms with E-state index in [1.54, 1.807) is 0 Å². The lowest BCUT2D eigenvalue weighted by molar-refractivity contribution is -0.344. The molecular weight excluding hydrogens is 1240 g/mol. The summed E-state index contributed by atoms with van der Waals surface area (Å²) in [5.74, 6) is 33.5. The third-order valence-corrected chi connectivity index (χ3v) is 23.1. The molecule has 0 heterocycles. The van der Waals surface area contributed by atoms with E-state index >= 15 is 0 Å². The summed E-state index contributed by atoms with van der Waals surface area (Å²) >= 11 is 0. The predicted molar refractivity (Wildman–Crippen MR) is 398 cm³/mol. The maximum atomic E-state index is 11.6. The highest BCUT2D eigenvalue weighted by molar-refractivity contribution is 5.88. The molecule has 0 bridgehead atoms. The van der Waals surface area contributed by atoms with E-state index in [1.807, 2.05) is 97.1 Å². The Morgan fingerprint density at radius 3 is 1.57 bits per heavy atom. The molecule has 5 aliphatic carbocycles. The van der Waals surface area contributed by atoms with Gasteiger partial charge in [-0.05, 0) is 258 Å². The van der Waals surface area contributed by atoms with E-state index in [0.29, 0.717) is 37.2 Å². The fourth-order valence-electron chi connectivity index (χ4n) is 17.0. The number of unbranched alkanes of at least 4 members (excludes halogenated alkanes) is 6. The third-order valence-electron chi connectivity index (χ3n) is 23.1. The van der Waals surface area contributed by atoms with Gasteiger partial charge in [0, 0.05) is 46.4 Å². The standard InChI is InChI=1S/C90H112O10/c1-5-8-11-15-67-34-41-76(42-35-67)78-59-62-90(63-60-78,89(98-93)81-48-46-79(47-49-81)88(97-92)80-50-55-85(56-51-80)95-64-14-10-13-17-84(91)7-3)61-58-74-32-30-72(31-33-74)25-24-70-20-18-69(19-21-70)22-23-71-26-28-73(29-27-71)38-45-83-65-82(77-43-36-68(37-44-77)16-12-9-6-2)52-57-87(83)100-96-66-75-39-53-86(54-40-75)99-94-4/h7,18-21,26-33,39-40,46-49,53-54,67-68,76-78,80,82-83,85,87-89,92-93H,3,5-6,8-17,34-37,41-44,50-52,55-57,59-60,62-66H2,1-2,4H3. The van der Waals surface area contributed by atoms with Crippen LogP contribution < -0.4 is 4.89 Å². The number of hydrogen-bond donors (Lipinski definition) is 2. The lowest BCUT2D eigenvalue weighted by Crippen LogP contribution is -2.36. The first-order valence-electron chi connectivity index (χ1n) is 38.6. The Hall–Kier alpha value is -6.77. The molecule has 2 N–H and O–H groups in total. The summed E-state index contributed by atoms with van der Waals surface area (Å²) in [5, 5.41) is 21.3. The molecule has 532 valence electrons. The van der Waals surface area contributed by atoms with E-state index < -0.39 is 17.6 Å². The summed E-state index contributed by atoms with van der Waals surface area (Å²) in [7, 11) is 1.49. The number of allylic oxidation sites excluding steroid dienone is 1. The summed E-state index contributed by atoms with van der Waals surface area (Å²) < 4.78 is 6.23. The molecule has 0 aromatic heterocycles. The Bertz CT molecular complexity index is 3500. The van der Waals surface area contributed by atoms with Gasteiger partial charge in [-0.2, -0.15) is 4.89 Å². The van der Waals surface area contributed by atoms with Crippen molar-refractivity contribution in [3.63, 3.8) is 0 Å². The van der Waals surface area contributed by atoms with Crippen molar-refractivity contribution in [1.82, 2.24) is 0 Å². The molecule has 10 nitrogen and oxygen atoms in total. The molecular formula is C90H112O10. The molecule has 5 aliphatic rings. The summed E-state index contributed by atoms with van der Waals surface area (Å²) in [6.07, 6.45) is 35.6. The topological polar surface area (TPSA) is 122 Å². The van der Waals surface area contributed by atoms with Crippen LogP contribution in [0.1, 0.15) is 275 Å². The van der Waals surface area contributed by atoms with Gasteiger partial charge in [0.1, 0.15) is 24.9 Å². The number of rotatable bonds is 30. The van der Waals surface area contributed by atoms with Crippen LogP contribution in [0, 0.1) is 100 Å². The largest absolute Gasteiger partial charge is 0.378 e. The van der Waals surface area contributed by atoms with E-state index in [2.05, 4.69) is 92.1 Å². The molecule has 0 radical (unpaired) electrons. The number of carbonyl (C=O) groups excluding carboxylic acids is 1. The van der Waals surface area contributed by atoms with Crippen molar-refractivity contribution >= 4 is 5.78 Å². The van der Waals surface area contributed by atoms with Crippen LogP contribution in [0.25, 0.3) is 0 Å². The van der Waals surface area contributed by atoms with Crippen molar-refractivity contribution in [2.24, 2.45) is 52.8 Å². The lowest BCUT2D eigenvalue weighted by Gasteiger charge is -2.44. The van der Waals surface area contributed by atoms with E-state index in [-0.39, 0.29) is 29.8 Å². The number of carbonyl (C=O) groups is 1. The Kier molecular flexibility index (Phi) is 30.9. The quantitative estimate of drug-likeness (QED) is 0.0151. The number of hydrogen-bond acceptors (Lipinski definition) is 10. The molecule has 5 fully saturated rings. The second kappa shape index (κ2) is 40.8. The molecule has 0 amide bonds. The van der Waals surface area contributed by atoms with Crippen LogP contribution in [0.5, 0.6) is 5.75 Å². The Morgan fingerprint density at radius 2 is 1.05 bits per heavy atom. The first-order valence-corrected chi connectivity index (χ1v) is 38.6. The van der Waals surface area contributed by atoms with Gasteiger partial charge in [-0.3, -0.25) is 15.3 Å². The maximum Gasteiger partial charge on any atom is 0.165 e. The van der Waals surface area contributed by atoms with Gasteiger partial charge in [0.05, 0.1) is 24.5 Å². The molecule has 100 heavy (non-hydrogen) atoms. The van der Waals surface area contributed by atoms with Gasteiger partial charge in [-0.15, -0.1) is 0 Å². The summed E-state index contributed by atoms with van der Waals surface area (Å²) in [4.78, 5) is 44.4. The molecule has 5 unspecified atom stereocenters. The third kappa shape index (κ3) is 23.1. The van der Waals surface area contributed by atoms with E-state index in [4.69, 9.17) is 34.1 Å². The molecule has 10 rings (SSSR count). The predicted octanol–water partition coefficient (Wildman–Crippen LogP) is 21.7. The Balaban J connectivity index is 0.748. The van der Waals surface area contributed by atoms with Gasteiger partial charge in [0.15, 0.2) is 11.5 Å². The average Bonchev–Trinajstić information content (AvgIpc) is 0.776. The molecule has 0 spiro atoms. The SMILES string of the molecule is C=CC(=O)CCCCCOC1CCC(C(OO)c2ccc(C(OO)C3(C#Cc4ccc(C#Cc5ccc(C#Cc6ccc(C#CC7CC(C8CCC(CCCCC)CC8)CCC7OOCc7ccc(OOC)cc7)cc6)cc5)cc4)CCC(C4CCC(CCCCC)CC4)CC3)cc2)CC1. The molecule has 5 saturated carbocycles. The Labute approximate surface area is 599 Å². The van der Waals surface area contributed by atoms with Gasteiger partial charge in [-0.1, -0.05) is 188 Å².